The van der Waals surface area contributed by atoms with E-state index in [0.717, 1.165) is 11.3 Å². The van der Waals surface area contributed by atoms with E-state index in [9.17, 15) is 14.9 Å². The van der Waals surface area contributed by atoms with Gasteiger partial charge in [-0.3, -0.25) is 14.9 Å². The molecule has 9 heteroatoms. The Bertz CT molecular complexity index is 1430. The number of para-hydroxylation sites is 1. The lowest BCUT2D eigenvalue weighted by Gasteiger charge is -2.27. The van der Waals surface area contributed by atoms with E-state index >= 15 is 0 Å². The van der Waals surface area contributed by atoms with Gasteiger partial charge >= 0.3 is 0 Å². The van der Waals surface area contributed by atoms with E-state index in [-0.39, 0.29) is 17.1 Å². The fourth-order valence-electron chi connectivity index (χ4n) is 4.16. The number of fused-ring (bicyclic) bond motifs is 1. The average Bonchev–Trinajstić information content (AvgIpc) is 3.23. The summed E-state index contributed by atoms with van der Waals surface area (Å²) >= 11 is 0. The number of carbonyl (C=O) groups is 1. The summed E-state index contributed by atoms with van der Waals surface area (Å²) < 4.78 is 7.58. The zero-order valence-electron chi connectivity index (χ0n) is 17.8. The van der Waals surface area contributed by atoms with Crippen molar-refractivity contribution in [3.63, 3.8) is 0 Å². The van der Waals surface area contributed by atoms with Gasteiger partial charge in [-0.05, 0) is 17.7 Å². The molecule has 168 valence electrons. The second-order valence-corrected chi connectivity index (χ2v) is 7.71. The van der Waals surface area contributed by atoms with E-state index in [2.05, 4.69) is 0 Å². The first-order valence-electron chi connectivity index (χ1n) is 10.4. The highest BCUT2D eigenvalue weighted by atomic mass is 16.6. The summed E-state index contributed by atoms with van der Waals surface area (Å²) in [4.78, 5) is 23.2. The summed E-state index contributed by atoms with van der Waals surface area (Å²) in [7, 11) is 0. The van der Waals surface area contributed by atoms with Crippen LogP contribution in [-0.2, 0) is 4.79 Å². The molecule has 1 aliphatic heterocycles. The highest BCUT2D eigenvalue weighted by Crippen LogP contribution is 2.47. The first-order chi connectivity index (χ1) is 16.5. The van der Waals surface area contributed by atoms with E-state index in [1.54, 1.807) is 16.8 Å². The van der Waals surface area contributed by atoms with Crippen molar-refractivity contribution < 1.29 is 14.5 Å². The molecule has 3 aromatic carbocycles. The molecule has 1 aliphatic rings. The molecule has 0 bridgehead atoms. The SMILES string of the molecule is NC(=O)C1=C(N)Oc2c(c(-c3ccccc3)nn2-c2ccccc2)[C@H]1c1ccc([N+](=O)[O-])cc1. The van der Waals surface area contributed by atoms with Crippen LogP contribution in [-0.4, -0.2) is 20.6 Å². The van der Waals surface area contributed by atoms with Crippen molar-refractivity contribution in [2.45, 2.75) is 5.92 Å². The normalized spacial score (nSPS) is 14.9. The van der Waals surface area contributed by atoms with Crippen molar-refractivity contribution in [1.29, 1.82) is 0 Å². The number of nitrogens with two attached hydrogens (primary N) is 2. The molecule has 0 radical (unpaired) electrons. The Labute approximate surface area is 194 Å². The number of nitrogens with zero attached hydrogens (tertiary/aromatic N) is 3. The molecule has 0 fully saturated rings. The summed E-state index contributed by atoms with van der Waals surface area (Å²) in [6.07, 6.45) is 0. The van der Waals surface area contributed by atoms with E-state index in [1.807, 2.05) is 60.7 Å². The van der Waals surface area contributed by atoms with Gasteiger partial charge in [-0.2, -0.15) is 9.78 Å². The number of ether oxygens (including phenoxy) is 1. The van der Waals surface area contributed by atoms with Crippen molar-refractivity contribution >= 4 is 11.6 Å². The molecule has 1 aromatic heterocycles. The molecular weight excluding hydrogens is 434 g/mol. The van der Waals surface area contributed by atoms with Gasteiger partial charge in [-0.1, -0.05) is 60.7 Å². The number of primary amides is 1. The van der Waals surface area contributed by atoms with E-state index in [1.165, 1.54) is 12.1 Å². The van der Waals surface area contributed by atoms with Gasteiger partial charge in [0.15, 0.2) is 0 Å². The van der Waals surface area contributed by atoms with Crippen LogP contribution in [0, 0.1) is 10.1 Å². The highest BCUT2D eigenvalue weighted by molar-refractivity contribution is 5.96. The van der Waals surface area contributed by atoms with Crippen molar-refractivity contribution in [3.05, 3.63) is 118 Å². The van der Waals surface area contributed by atoms with Crippen molar-refractivity contribution in [2.75, 3.05) is 0 Å². The fourth-order valence-corrected chi connectivity index (χ4v) is 4.16. The third-order valence-electron chi connectivity index (χ3n) is 5.68. The second-order valence-electron chi connectivity index (χ2n) is 7.71. The van der Waals surface area contributed by atoms with Crippen molar-refractivity contribution in [1.82, 2.24) is 9.78 Å². The molecule has 0 aliphatic carbocycles. The zero-order chi connectivity index (χ0) is 23.8. The number of hydrogen-bond acceptors (Lipinski definition) is 6. The van der Waals surface area contributed by atoms with Crippen LogP contribution in [0.3, 0.4) is 0 Å². The Morgan fingerprint density at radius 2 is 1.59 bits per heavy atom. The van der Waals surface area contributed by atoms with Crippen LogP contribution in [0.1, 0.15) is 17.0 Å². The maximum absolute atomic E-state index is 12.5. The number of carbonyl (C=O) groups excluding carboxylic acids is 1. The van der Waals surface area contributed by atoms with Gasteiger partial charge in [0.2, 0.25) is 11.8 Å². The molecule has 34 heavy (non-hydrogen) atoms. The second kappa shape index (κ2) is 8.21. The van der Waals surface area contributed by atoms with E-state index in [4.69, 9.17) is 21.3 Å². The van der Waals surface area contributed by atoms with Gasteiger partial charge in [0.25, 0.3) is 11.6 Å². The number of hydrogen-bond donors (Lipinski definition) is 2. The van der Waals surface area contributed by atoms with Gasteiger partial charge in [0, 0.05) is 17.7 Å². The van der Waals surface area contributed by atoms with E-state index < -0.39 is 16.7 Å². The minimum atomic E-state index is -0.752. The summed E-state index contributed by atoms with van der Waals surface area (Å²) in [5.74, 6) is -1.29. The Hall–Kier alpha value is -4.92. The van der Waals surface area contributed by atoms with Crippen LogP contribution in [0.15, 0.2) is 96.4 Å². The number of amides is 1. The average molecular weight is 453 g/mol. The topological polar surface area (TPSA) is 139 Å². The molecule has 9 nitrogen and oxygen atoms in total. The molecule has 1 atom stereocenters. The Kier molecular flexibility index (Phi) is 5.06. The Balaban J connectivity index is 1.81. The molecule has 0 spiro atoms. The maximum Gasteiger partial charge on any atom is 0.269 e. The van der Waals surface area contributed by atoms with Gasteiger partial charge in [-0.15, -0.1) is 0 Å². The van der Waals surface area contributed by atoms with Crippen molar-refractivity contribution in [3.8, 4) is 22.8 Å². The molecule has 2 heterocycles. The van der Waals surface area contributed by atoms with Gasteiger partial charge < -0.3 is 16.2 Å². The highest BCUT2D eigenvalue weighted by Gasteiger charge is 2.39. The van der Waals surface area contributed by atoms with E-state index in [0.29, 0.717) is 22.7 Å². The Morgan fingerprint density at radius 1 is 0.971 bits per heavy atom. The van der Waals surface area contributed by atoms with Crippen LogP contribution in [0.2, 0.25) is 0 Å². The lowest BCUT2D eigenvalue weighted by molar-refractivity contribution is -0.384. The third-order valence-corrected chi connectivity index (χ3v) is 5.68. The van der Waals surface area contributed by atoms with Crippen molar-refractivity contribution in [2.24, 2.45) is 11.5 Å². The molecule has 0 saturated heterocycles. The monoisotopic (exact) mass is 453 g/mol. The summed E-state index contributed by atoms with van der Waals surface area (Å²) in [6.45, 7) is 0. The number of nitro groups is 1. The third kappa shape index (κ3) is 3.45. The zero-order valence-corrected chi connectivity index (χ0v) is 17.8. The van der Waals surface area contributed by atoms with Gasteiger partial charge in [0.1, 0.15) is 5.69 Å². The predicted octanol–water partition coefficient (Wildman–Crippen LogP) is 3.63. The van der Waals surface area contributed by atoms with Crippen LogP contribution >= 0.6 is 0 Å². The number of benzene rings is 3. The van der Waals surface area contributed by atoms with Crippen LogP contribution in [0.25, 0.3) is 16.9 Å². The largest absolute Gasteiger partial charge is 0.422 e. The number of nitro benzene ring substituents is 1. The quantitative estimate of drug-likeness (QED) is 0.349. The summed E-state index contributed by atoms with van der Waals surface area (Å²) in [5.41, 5.74) is 15.2. The number of aromatic nitrogens is 2. The first-order valence-corrected chi connectivity index (χ1v) is 10.4. The molecule has 0 unspecified atom stereocenters. The first kappa shape index (κ1) is 21.0. The van der Waals surface area contributed by atoms with Crippen LogP contribution in [0.4, 0.5) is 5.69 Å². The maximum atomic E-state index is 12.5. The summed E-state index contributed by atoms with van der Waals surface area (Å²) in [6, 6.07) is 24.8. The Morgan fingerprint density at radius 3 is 2.18 bits per heavy atom. The summed E-state index contributed by atoms with van der Waals surface area (Å²) in [5, 5.41) is 16.0. The minimum absolute atomic E-state index is 0.0612. The predicted molar refractivity (Wildman–Crippen MR) is 125 cm³/mol. The van der Waals surface area contributed by atoms with Crippen LogP contribution in [0.5, 0.6) is 5.88 Å². The molecule has 5 rings (SSSR count). The van der Waals surface area contributed by atoms with Gasteiger partial charge in [0.05, 0.1) is 27.7 Å². The number of non-ortho nitro benzene ring substituents is 1. The standard InChI is InChI=1S/C25H19N5O4/c26-23(31)21-19(15-11-13-18(14-12-15)30(32)33)20-22(16-7-3-1-4-8-16)28-29(25(20)34-24(21)27)17-9-5-2-6-10-17/h1-14,19H,27H2,(H2,26,31)/t19-/m1/s1. The minimum Gasteiger partial charge on any atom is -0.422 e. The molecule has 0 saturated carbocycles. The lowest BCUT2D eigenvalue weighted by atomic mass is 9.82. The smallest absolute Gasteiger partial charge is 0.269 e. The molecular formula is C25H19N5O4. The molecule has 4 aromatic rings. The molecule has 1 amide bonds. The molecule has 4 N–H and O–H groups in total. The lowest BCUT2D eigenvalue weighted by Crippen LogP contribution is -2.30. The number of rotatable bonds is 5. The van der Waals surface area contributed by atoms with Gasteiger partial charge in [-0.25, -0.2) is 0 Å². The van der Waals surface area contributed by atoms with Crippen LogP contribution < -0.4 is 16.2 Å². The fraction of sp³-hybridized carbons (Fsp3) is 0.0400.